The third-order valence-electron chi connectivity index (χ3n) is 8.08. The molecule has 11 nitrogen and oxygen atoms in total. The molecule has 0 spiro atoms. The Morgan fingerprint density at radius 1 is 0.508 bits per heavy atom. The van der Waals surface area contributed by atoms with Gasteiger partial charge < -0.3 is 15.2 Å². The molecule has 338 valence electrons. The van der Waals surface area contributed by atoms with Gasteiger partial charge in [0.2, 0.25) is 0 Å². The summed E-state index contributed by atoms with van der Waals surface area (Å²) in [6.07, 6.45) is 13.2. The van der Waals surface area contributed by atoms with E-state index in [4.69, 9.17) is 15.2 Å². The van der Waals surface area contributed by atoms with Crippen LogP contribution in [-0.4, -0.2) is 50.4 Å². The summed E-state index contributed by atoms with van der Waals surface area (Å²) in [4.78, 5) is 41.7. The molecule has 0 aliphatic carbocycles. The standard InChI is InChI=1S/C17H19BrN2O2.C16H17BrN2O2.C11H9BrN2.C5H3Br2N/c1-17(2,3)22-16(21)20(4)15-7-5-6-12(9-15)13-8-14(18)11-19-10-13;1-16(2,3)21-15(20)19-14-6-4-5-11(8-14)12-7-13(17)10-18-9-12;12-10-4-9(6-14-7-10)8-2-1-3-11(13)5-8;6-4-1-5(7)3-8-2-4/h5-11H,1-4H3;4-10H,1-3H3,(H,19,20);1-7H,13H2;1-3H. The third-order valence-corrected chi connectivity index (χ3v) is 10.2. The number of rotatable bonds is 5. The summed E-state index contributed by atoms with van der Waals surface area (Å²) in [6.45, 7) is 11.0. The Balaban J connectivity index is 0.000000200. The SMILES string of the molecule is Brc1cncc(Br)c1.CC(C)(C)OC(=O)Nc1cccc(-c2cncc(Br)c2)c1.CN(C(=O)OC(C)(C)C)c1cccc(-c2cncc(Br)c2)c1.Nc1cccc(-c2cncc(Br)c2)c1. The lowest BCUT2D eigenvalue weighted by atomic mass is 10.1. The lowest BCUT2D eigenvalue weighted by Crippen LogP contribution is -2.34. The molecule has 0 saturated heterocycles. The smallest absolute Gasteiger partial charge is 0.414 e. The summed E-state index contributed by atoms with van der Waals surface area (Å²) in [5.41, 5.74) is 12.9. The molecule has 3 N–H and O–H groups in total. The molecule has 7 rings (SSSR count). The van der Waals surface area contributed by atoms with Gasteiger partial charge >= 0.3 is 12.2 Å². The Labute approximate surface area is 422 Å². The quantitative estimate of drug-likeness (QED) is 0.161. The molecular weight excluding hydrogens is 1150 g/mol. The van der Waals surface area contributed by atoms with Crippen molar-refractivity contribution >= 4 is 109 Å². The first-order chi connectivity index (χ1) is 30.6. The predicted octanol–water partition coefficient (Wildman–Crippen LogP) is 15.4. The van der Waals surface area contributed by atoms with E-state index in [1.807, 2.05) is 145 Å². The number of halogens is 5. The summed E-state index contributed by atoms with van der Waals surface area (Å²) in [5.74, 6) is 0. The maximum atomic E-state index is 12.1. The number of carbonyl (C=O) groups excluding carboxylic acids is 2. The molecule has 3 aromatic carbocycles. The molecule has 0 aliphatic heterocycles. The number of hydrogen-bond donors (Lipinski definition) is 2. The van der Waals surface area contributed by atoms with Gasteiger partial charge in [0, 0.05) is 113 Å². The second-order valence-electron chi connectivity index (χ2n) is 15.9. The molecule has 4 heterocycles. The van der Waals surface area contributed by atoms with Crippen molar-refractivity contribution in [3.05, 3.63) is 169 Å². The number of amides is 2. The summed E-state index contributed by atoms with van der Waals surface area (Å²) in [6, 6.07) is 30.9. The summed E-state index contributed by atoms with van der Waals surface area (Å²) in [7, 11) is 1.70. The second-order valence-corrected chi connectivity index (χ2v) is 20.5. The van der Waals surface area contributed by atoms with E-state index in [0.717, 1.165) is 67.1 Å². The van der Waals surface area contributed by atoms with Crippen LogP contribution in [0, 0.1) is 0 Å². The zero-order valence-corrected chi connectivity index (χ0v) is 44.6. The van der Waals surface area contributed by atoms with E-state index < -0.39 is 17.3 Å². The highest BCUT2D eigenvalue weighted by Crippen LogP contribution is 2.28. The Morgan fingerprint density at radius 2 is 0.908 bits per heavy atom. The van der Waals surface area contributed by atoms with E-state index in [-0.39, 0.29) is 6.09 Å². The van der Waals surface area contributed by atoms with Gasteiger partial charge in [-0.2, -0.15) is 0 Å². The molecule has 0 saturated carbocycles. The normalized spacial score (nSPS) is 10.6. The Kier molecular flexibility index (Phi) is 20.3. The molecular formula is C49H48Br5N7O4. The van der Waals surface area contributed by atoms with Gasteiger partial charge in [-0.15, -0.1) is 0 Å². The number of ether oxygens (including phenoxy) is 2. The van der Waals surface area contributed by atoms with Crippen LogP contribution in [0.3, 0.4) is 0 Å². The lowest BCUT2D eigenvalue weighted by Gasteiger charge is -2.25. The number of hydrogen-bond acceptors (Lipinski definition) is 9. The van der Waals surface area contributed by atoms with Gasteiger partial charge in [0.15, 0.2) is 0 Å². The molecule has 0 fully saturated rings. The van der Waals surface area contributed by atoms with Gasteiger partial charge in [-0.25, -0.2) is 9.59 Å². The zero-order valence-electron chi connectivity index (χ0n) is 36.7. The molecule has 0 atom stereocenters. The van der Waals surface area contributed by atoms with Crippen molar-refractivity contribution in [2.75, 3.05) is 23.0 Å². The second kappa shape index (κ2) is 25.1. The van der Waals surface area contributed by atoms with E-state index in [1.54, 1.807) is 50.4 Å². The van der Waals surface area contributed by atoms with Gasteiger partial charge in [0.1, 0.15) is 11.2 Å². The largest absolute Gasteiger partial charge is 0.444 e. The van der Waals surface area contributed by atoms with E-state index in [1.165, 1.54) is 4.90 Å². The maximum absolute atomic E-state index is 12.1. The molecule has 16 heteroatoms. The monoisotopic (exact) mass is 1190 g/mol. The molecule has 2 amide bonds. The fourth-order valence-electron chi connectivity index (χ4n) is 5.34. The topological polar surface area (TPSA) is 145 Å². The van der Waals surface area contributed by atoms with E-state index >= 15 is 0 Å². The number of nitrogens with one attached hydrogen (secondary N) is 1. The fraction of sp³-hybridized carbons (Fsp3) is 0.184. The maximum Gasteiger partial charge on any atom is 0.414 e. The molecule has 7 aromatic rings. The average molecular weight is 1200 g/mol. The van der Waals surface area contributed by atoms with Crippen molar-refractivity contribution in [3.8, 4) is 33.4 Å². The Morgan fingerprint density at radius 3 is 1.32 bits per heavy atom. The third kappa shape index (κ3) is 19.6. The molecule has 4 aromatic heterocycles. The number of nitrogens with zero attached hydrogens (tertiary/aromatic N) is 5. The van der Waals surface area contributed by atoms with Gasteiger partial charge in [0.25, 0.3) is 0 Å². The zero-order chi connectivity index (χ0) is 47.7. The minimum absolute atomic E-state index is 0.378. The summed E-state index contributed by atoms with van der Waals surface area (Å²) < 4.78 is 15.4. The van der Waals surface area contributed by atoms with E-state index in [0.29, 0.717) is 5.69 Å². The number of pyridine rings is 4. The number of anilines is 3. The minimum Gasteiger partial charge on any atom is -0.444 e. The average Bonchev–Trinajstić information content (AvgIpc) is 3.23. The molecule has 0 bridgehead atoms. The van der Waals surface area contributed by atoms with Crippen LogP contribution in [0.4, 0.5) is 26.7 Å². The van der Waals surface area contributed by atoms with Crippen LogP contribution in [0.15, 0.2) is 169 Å². The van der Waals surface area contributed by atoms with Crippen LogP contribution in [0.5, 0.6) is 0 Å². The van der Waals surface area contributed by atoms with Crippen molar-refractivity contribution in [2.45, 2.75) is 52.7 Å². The molecule has 0 unspecified atom stereocenters. The van der Waals surface area contributed by atoms with Gasteiger partial charge in [-0.1, -0.05) is 36.4 Å². The van der Waals surface area contributed by atoms with Crippen LogP contribution >= 0.6 is 79.6 Å². The Bertz CT molecular complexity index is 2610. The van der Waals surface area contributed by atoms with Crippen LogP contribution < -0.4 is 16.0 Å². The predicted molar refractivity (Wildman–Crippen MR) is 281 cm³/mol. The molecule has 0 aliphatic rings. The van der Waals surface area contributed by atoms with Crippen molar-refractivity contribution in [3.63, 3.8) is 0 Å². The summed E-state index contributed by atoms with van der Waals surface area (Å²) in [5, 5.41) is 2.73. The fourth-order valence-corrected chi connectivity index (χ4v) is 7.47. The van der Waals surface area contributed by atoms with Crippen LogP contribution in [-0.2, 0) is 9.47 Å². The Hall–Kier alpha value is -5.00. The summed E-state index contributed by atoms with van der Waals surface area (Å²) >= 11 is 16.7. The molecule has 65 heavy (non-hydrogen) atoms. The first-order valence-corrected chi connectivity index (χ1v) is 23.7. The lowest BCUT2D eigenvalue weighted by molar-refractivity contribution is 0.0587. The minimum atomic E-state index is -0.518. The van der Waals surface area contributed by atoms with Gasteiger partial charge in [-0.05, 0) is 199 Å². The molecule has 0 radical (unpaired) electrons. The van der Waals surface area contributed by atoms with Crippen molar-refractivity contribution in [1.29, 1.82) is 0 Å². The van der Waals surface area contributed by atoms with Crippen molar-refractivity contribution in [2.24, 2.45) is 0 Å². The van der Waals surface area contributed by atoms with Crippen molar-refractivity contribution in [1.82, 2.24) is 19.9 Å². The van der Waals surface area contributed by atoms with Gasteiger partial charge in [-0.3, -0.25) is 30.2 Å². The van der Waals surface area contributed by atoms with Gasteiger partial charge in [0.05, 0.1) is 0 Å². The van der Waals surface area contributed by atoms with Crippen LogP contribution in [0.2, 0.25) is 0 Å². The highest BCUT2D eigenvalue weighted by molar-refractivity contribution is 9.11. The van der Waals surface area contributed by atoms with E-state index in [2.05, 4.69) is 105 Å². The number of benzene rings is 3. The number of nitrogen functional groups attached to an aromatic ring is 1. The first-order valence-electron chi connectivity index (χ1n) is 19.8. The number of nitrogens with two attached hydrogens (primary N) is 1. The highest BCUT2D eigenvalue weighted by atomic mass is 79.9. The highest BCUT2D eigenvalue weighted by Gasteiger charge is 2.21. The number of aromatic nitrogens is 4. The van der Waals surface area contributed by atoms with Crippen molar-refractivity contribution < 1.29 is 19.1 Å². The van der Waals surface area contributed by atoms with Crippen LogP contribution in [0.1, 0.15) is 41.5 Å². The van der Waals surface area contributed by atoms with Crippen LogP contribution in [0.25, 0.3) is 33.4 Å². The first kappa shape index (κ1) is 52.6. The number of carbonyl (C=O) groups is 2. The van der Waals surface area contributed by atoms with E-state index in [9.17, 15) is 9.59 Å².